The summed E-state index contributed by atoms with van der Waals surface area (Å²) < 4.78 is 30.7. The van der Waals surface area contributed by atoms with Crippen LogP contribution in [-0.4, -0.2) is 76.8 Å². The maximum absolute atomic E-state index is 13.1. The van der Waals surface area contributed by atoms with Crippen LogP contribution in [-0.2, 0) is 14.8 Å². The van der Waals surface area contributed by atoms with E-state index in [-0.39, 0.29) is 18.0 Å². The number of hydrogen-bond acceptors (Lipinski definition) is 8. The lowest BCUT2D eigenvalue weighted by atomic mass is 10.0. The van der Waals surface area contributed by atoms with Crippen LogP contribution in [0.15, 0.2) is 6.20 Å². The number of aliphatic hydroxyl groups excluding tert-OH is 1. The van der Waals surface area contributed by atoms with Crippen molar-refractivity contribution in [2.75, 3.05) is 29.6 Å². The predicted octanol–water partition coefficient (Wildman–Crippen LogP) is 0.730. The van der Waals surface area contributed by atoms with Gasteiger partial charge in [-0.25, -0.2) is 17.7 Å². The molecule has 0 radical (unpaired) electrons. The number of nitrogens with one attached hydrogen (secondary N) is 1. The Labute approximate surface area is 176 Å². The van der Waals surface area contributed by atoms with Crippen LogP contribution in [0.1, 0.15) is 46.0 Å². The van der Waals surface area contributed by atoms with Gasteiger partial charge in [0.25, 0.3) is 5.91 Å². The quantitative estimate of drug-likeness (QED) is 0.703. The smallest absolute Gasteiger partial charge is 0.272 e. The molecule has 0 bridgehead atoms. The number of anilines is 2. The van der Waals surface area contributed by atoms with E-state index in [0.717, 1.165) is 0 Å². The molecule has 1 amide bonds. The van der Waals surface area contributed by atoms with Gasteiger partial charge in [0.1, 0.15) is 0 Å². The molecular weight excluding hydrogens is 410 g/mol. The fourth-order valence-electron chi connectivity index (χ4n) is 4.40. The minimum atomic E-state index is -3.18. The van der Waals surface area contributed by atoms with Gasteiger partial charge in [0.15, 0.2) is 17.2 Å². The van der Waals surface area contributed by atoms with E-state index in [1.807, 2.05) is 0 Å². The van der Waals surface area contributed by atoms with Gasteiger partial charge in [-0.05, 0) is 46.0 Å². The van der Waals surface area contributed by atoms with E-state index < -0.39 is 21.7 Å². The van der Waals surface area contributed by atoms with Gasteiger partial charge >= 0.3 is 0 Å². The number of rotatable bonds is 4. The number of nitrogens with zero attached hydrogens (tertiary/aromatic N) is 4. The average Bonchev–Trinajstić information content (AvgIpc) is 3.08. The topological polar surface area (TPSA) is 125 Å². The summed E-state index contributed by atoms with van der Waals surface area (Å²) in [5.41, 5.74) is -1.03. The number of aliphatic hydroxyl groups is 1. The largest absolute Gasteiger partial charge is 0.472 e. The van der Waals surface area contributed by atoms with Crippen LogP contribution in [0, 0.1) is 0 Å². The molecule has 3 heterocycles. The summed E-state index contributed by atoms with van der Waals surface area (Å²) in [6.45, 7) is 4.34. The molecule has 1 aromatic heterocycles. The van der Waals surface area contributed by atoms with Gasteiger partial charge in [0.05, 0.1) is 18.6 Å². The first-order valence-corrected chi connectivity index (χ1v) is 12.2. The van der Waals surface area contributed by atoms with E-state index in [2.05, 4.69) is 15.3 Å². The molecule has 166 valence electrons. The summed E-state index contributed by atoms with van der Waals surface area (Å²) in [4.78, 5) is 23.7. The van der Waals surface area contributed by atoms with Crippen molar-refractivity contribution < 1.29 is 23.1 Å². The van der Waals surface area contributed by atoms with Crippen LogP contribution >= 0.6 is 0 Å². The highest BCUT2D eigenvalue weighted by molar-refractivity contribution is 7.88. The lowest BCUT2D eigenvalue weighted by Crippen LogP contribution is -2.56. The van der Waals surface area contributed by atoms with Crippen LogP contribution in [0.4, 0.5) is 11.8 Å². The van der Waals surface area contributed by atoms with E-state index in [9.17, 15) is 18.3 Å². The third-order valence-electron chi connectivity index (χ3n) is 6.06. The van der Waals surface area contributed by atoms with E-state index in [0.29, 0.717) is 62.7 Å². The van der Waals surface area contributed by atoms with Crippen molar-refractivity contribution in [1.82, 2.24) is 14.3 Å². The molecule has 2 fully saturated rings. The number of carbonyl (C=O) groups excluding carboxylic acids is 1. The third kappa shape index (κ3) is 4.10. The van der Waals surface area contributed by atoms with Crippen molar-refractivity contribution in [2.45, 2.75) is 69.7 Å². The zero-order valence-electron chi connectivity index (χ0n) is 17.5. The Morgan fingerprint density at radius 2 is 1.93 bits per heavy atom. The Morgan fingerprint density at radius 3 is 2.53 bits per heavy atom. The third-order valence-corrected chi connectivity index (χ3v) is 7.37. The Bertz CT molecular complexity index is 929. The highest BCUT2D eigenvalue weighted by atomic mass is 32.2. The van der Waals surface area contributed by atoms with E-state index in [1.54, 1.807) is 24.9 Å². The lowest BCUT2D eigenvalue weighted by Gasteiger charge is -2.40. The second kappa shape index (κ2) is 7.61. The van der Waals surface area contributed by atoms with Crippen molar-refractivity contribution in [1.29, 1.82) is 0 Å². The summed E-state index contributed by atoms with van der Waals surface area (Å²) in [6.07, 6.45) is 5.54. The molecular formula is C19H29N5O5S. The summed E-state index contributed by atoms with van der Waals surface area (Å²) >= 11 is 0. The van der Waals surface area contributed by atoms with Gasteiger partial charge in [-0.3, -0.25) is 9.69 Å². The molecule has 0 spiro atoms. The van der Waals surface area contributed by atoms with Crippen molar-refractivity contribution in [3.05, 3.63) is 6.20 Å². The van der Waals surface area contributed by atoms with E-state index >= 15 is 0 Å². The number of piperidine rings is 1. The van der Waals surface area contributed by atoms with E-state index in [4.69, 9.17) is 4.74 Å². The molecule has 3 aliphatic rings. The number of fused-ring (bicyclic) bond motifs is 1. The molecule has 1 saturated heterocycles. The molecule has 4 rings (SSSR count). The van der Waals surface area contributed by atoms with Gasteiger partial charge in [-0.1, -0.05) is 0 Å². The van der Waals surface area contributed by atoms with Crippen molar-refractivity contribution in [3.8, 4) is 5.75 Å². The fraction of sp³-hybridized carbons (Fsp3) is 0.737. The Kier molecular flexibility index (Phi) is 5.39. The van der Waals surface area contributed by atoms with Crippen molar-refractivity contribution in [3.63, 3.8) is 0 Å². The van der Waals surface area contributed by atoms with Crippen molar-refractivity contribution in [2.24, 2.45) is 0 Å². The molecule has 1 saturated carbocycles. The molecule has 1 aromatic rings. The number of amides is 1. The Morgan fingerprint density at radius 1 is 1.23 bits per heavy atom. The molecule has 2 N–H and O–H groups in total. The van der Waals surface area contributed by atoms with E-state index in [1.165, 1.54) is 10.6 Å². The van der Waals surface area contributed by atoms with Crippen LogP contribution < -0.4 is 15.0 Å². The summed E-state index contributed by atoms with van der Waals surface area (Å²) in [5, 5.41) is 13.3. The summed E-state index contributed by atoms with van der Waals surface area (Å²) in [5.74, 6) is 1.06. The first-order valence-electron chi connectivity index (χ1n) is 10.3. The average molecular weight is 440 g/mol. The molecule has 1 aliphatic carbocycles. The lowest BCUT2D eigenvalue weighted by molar-refractivity contribution is -0.133. The monoisotopic (exact) mass is 439 g/mol. The van der Waals surface area contributed by atoms with Crippen LogP contribution in [0.3, 0.4) is 0 Å². The van der Waals surface area contributed by atoms with Crippen molar-refractivity contribution >= 4 is 27.7 Å². The Hall–Kier alpha value is -1.98. The number of carbonyl (C=O) groups is 1. The first-order chi connectivity index (χ1) is 14.0. The molecule has 10 nitrogen and oxygen atoms in total. The maximum atomic E-state index is 13.1. The predicted molar refractivity (Wildman–Crippen MR) is 111 cm³/mol. The van der Waals surface area contributed by atoms with Gasteiger partial charge in [-0.15, -0.1) is 0 Å². The van der Waals surface area contributed by atoms with Crippen LogP contribution in [0.5, 0.6) is 5.75 Å². The summed E-state index contributed by atoms with van der Waals surface area (Å²) in [6, 6.07) is -0.0883. The number of sulfonamides is 1. The minimum Gasteiger partial charge on any atom is -0.472 e. The number of ether oxygens (including phenoxy) is 1. The fourth-order valence-corrected chi connectivity index (χ4v) is 5.28. The Balaban J connectivity index is 1.55. The zero-order chi connectivity index (χ0) is 21.7. The molecule has 11 heteroatoms. The molecule has 2 atom stereocenters. The number of hydrogen-bond donors (Lipinski definition) is 2. The molecule has 0 unspecified atom stereocenters. The standard InChI is InChI=1S/C19H29N5O5S/c1-19(2)17(26)24(13-4-5-14(25)10-13)16-15(29-19)11-20-18(22-16)21-12-6-8-23(9-7-12)30(3,27)28/h11-14,25H,4-10H2,1-3H3,(H,20,21,22)/t13-,14+/m1/s1. The SMILES string of the molecule is CC1(C)Oc2cnc(NC3CCN(S(C)(=O)=O)CC3)nc2N([C@@H]2CC[C@H](O)C2)C1=O. The normalized spacial score (nSPS) is 27.6. The molecule has 2 aliphatic heterocycles. The molecule has 0 aromatic carbocycles. The highest BCUT2D eigenvalue weighted by Crippen LogP contribution is 2.40. The minimum absolute atomic E-state index is 0.0412. The van der Waals surface area contributed by atoms with Gasteiger partial charge in [0, 0.05) is 25.2 Å². The summed E-state index contributed by atoms with van der Waals surface area (Å²) in [7, 11) is -3.18. The van der Waals surface area contributed by atoms with Gasteiger partial charge < -0.3 is 15.2 Å². The zero-order valence-corrected chi connectivity index (χ0v) is 18.4. The van der Waals surface area contributed by atoms with Crippen LogP contribution in [0.25, 0.3) is 0 Å². The van der Waals surface area contributed by atoms with Gasteiger partial charge in [0.2, 0.25) is 16.0 Å². The van der Waals surface area contributed by atoms with Crippen LogP contribution in [0.2, 0.25) is 0 Å². The number of aromatic nitrogens is 2. The first kappa shape index (κ1) is 21.3. The molecule has 30 heavy (non-hydrogen) atoms. The second-order valence-electron chi connectivity index (χ2n) is 8.87. The van der Waals surface area contributed by atoms with Gasteiger partial charge in [-0.2, -0.15) is 4.98 Å². The maximum Gasteiger partial charge on any atom is 0.272 e. The highest BCUT2D eigenvalue weighted by Gasteiger charge is 2.46. The second-order valence-corrected chi connectivity index (χ2v) is 10.9.